The number of halogens is 2. The summed E-state index contributed by atoms with van der Waals surface area (Å²) in [7, 11) is 0. The Morgan fingerprint density at radius 1 is 1.05 bits per heavy atom. The van der Waals surface area contributed by atoms with Crippen LogP contribution in [0.3, 0.4) is 0 Å². The van der Waals surface area contributed by atoms with Gasteiger partial charge in [0.15, 0.2) is 11.6 Å². The van der Waals surface area contributed by atoms with Gasteiger partial charge in [0.1, 0.15) is 0 Å². The van der Waals surface area contributed by atoms with Crippen LogP contribution in [0, 0.1) is 11.6 Å². The van der Waals surface area contributed by atoms with Crippen molar-refractivity contribution in [2.75, 3.05) is 13.1 Å². The summed E-state index contributed by atoms with van der Waals surface area (Å²) < 4.78 is 26.9. The van der Waals surface area contributed by atoms with Gasteiger partial charge in [-0.1, -0.05) is 36.4 Å². The molecule has 4 heteroatoms. The van der Waals surface area contributed by atoms with Gasteiger partial charge in [0, 0.05) is 25.2 Å². The Labute approximate surface area is 122 Å². The molecule has 1 atom stereocenters. The fraction of sp³-hybridized carbons (Fsp3) is 0.294. The van der Waals surface area contributed by atoms with Gasteiger partial charge in [-0.2, -0.15) is 0 Å². The van der Waals surface area contributed by atoms with Gasteiger partial charge in [0.2, 0.25) is 0 Å². The molecule has 110 valence electrons. The van der Waals surface area contributed by atoms with Crippen molar-refractivity contribution in [2.24, 2.45) is 0 Å². The van der Waals surface area contributed by atoms with Crippen molar-refractivity contribution in [3.8, 4) is 0 Å². The normalized spacial score (nSPS) is 16.5. The van der Waals surface area contributed by atoms with E-state index in [4.69, 9.17) is 0 Å². The third-order valence-corrected chi connectivity index (χ3v) is 3.98. The molecular weight excluding hydrogens is 272 g/mol. The average molecular weight is 289 g/mol. The molecule has 0 aromatic heterocycles. The van der Waals surface area contributed by atoms with Crippen molar-refractivity contribution in [3.63, 3.8) is 0 Å². The second-order valence-corrected chi connectivity index (χ2v) is 5.41. The van der Waals surface area contributed by atoms with Crippen LogP contribution in [0.25, 0.3) is 0 Å². The second-order valence-electron chi connectivity index (χ2n) is 5.41. The van der Waals surface area contributed by atoms with Crippen molar-refractivity contribution in [1.82, 2.24) is 4.90 Å². The zero-order valence-electron chi connectivity index (χ0n) is 11.6. The van der Waals surface area contributed by atoms with E-state index >= 15 is 0 Å². The summed E-state index contributed by atoms with van der Waals surface area (Å²) >= 11 is 0. The van der Waals surface area contributed by atoms with Crippen LogP contribution >= 0.6 is 0 Å². The fourth-order valence-corrected chi connectivity index (χ4v) is 2.83. The molecule has 0 bridgehead atoms. The van der Waals surface area contributed by atoms with E-state index in [1.807, 2.05) is 12.1 Å². The molecule has 1 heterocycles. The summed E-state index contributed by atoms with van der Waals surface area (Å²) in [4.78, 5) is 2.07. The number of nitrogens with zero attached hydrogens (tertiary/aromatic N) is 1. The highest BCUT2D eigenvalue weighted by molar-refractivity contribution is 5.29. The maximum atomic E-state index is 13.7. The third kappa shape index (κ3) is 2.96. The van der Waals surface area contributed by atoms with Crippen LogP contribution in [0.2, 0.25) is 0 Å². The Balaban J connectivity index is 1.72. The number of aliphatic hydroxyl groups excluding tert-OH is 1. The molecule has 21 heavy (non-hydrogen) atoms. The van der Waals surface area contributed by atoms with E-state index in [9.17, 15) is 13.9 Å². The van der Waals surface area contributed by atoms with Gasteiger partial charge in [-0.05, 0) is 23.6 Å². The first-order valence-corrected chi connectivity index (χ1v) is 7.06. The van der Waals surface area contributed by atoms with Crippen LogP contribution in [0.1, 0.15) is 22.8 Å². The lowest BCUT2D eigenvalue weighted by Crippen LogP contribution is -2.34. The van der Waals surface area contributed by atoms with Gasteiger partial charge < -0.3 is 5.11 Å². The van der Waals surface area contributed by atoms with Gasteiger partial charge in [0.25, 0.3) is 0 Å². The number of benzene rings is 2. The summed E-state index contributed by atoms with van der Waals surface area (Å²) in [5.74, 6) is -1.88. The van der Waals surface area contributed by atoms with Crippen molar-refractivity contribution in [2.45, 2.75) is 19.1 Å². The summed E-state index contributed by atoms with van der Waals surface area (Å²) in [5.41, 5.74) is 2.57. The van der Waals surface area contributed by atoms with E-state index in [0.717, 1.165) is 25.6 Å². The van der Waals surface area contributed by atoms with E-state index in [0.29, 0.717) is 6.54 Å². The maximum absolute atomic E-state index is 13.7. The molecule has 0 radical (unpaired) electrons. The highest BCUT2D eigenvalue weighted by Gasteiger charge is 2.21. The average Bonchev–Trinajstić information content (AvgIpc) is 2.50. The highest BCUT2D eigenvalue weighted by Crippen LogP contribution is 2.24. The number of rotatable bonds is 3. The Bertz CT molecular complexity index is 644. The monoisotopic (exact) mass is 289 g/mol. The number of hydrogen-bond acceptors (Lipinski definition) is 2. The van der Waals surface area contributed by atoms with Crippen LogP contribution in [0.5, 0.6) is 0 Å². The Kier molecular flexibility index (Phi) is 3.99. The standard InChI is InChI=1S/C17H17F2NO/c18-15-7-3-6-14(17(15)19)16(21)11-20-9-8-12-4-1-2-5-13(12)10-20/h1-7,16,21H,8-11H2. The van der Waals surface area contributed by atoms with Gasteiger partial charge >= 0.3 is 0 Å². The lowest BCUT2D eigenvalue weighted by molar-refractivity contribution is 0.102. The SMILES string of the molecule is OC(CN1CCc2ccccc2C1)c1cccc(F)c1F. The summed E-state index contributed by atoms with van der Waals surface area (Å²) in [6.07, 6.45) is -0.111. The number of aliphatic hydroxyl groups is 1. The highest BCUT2D eigenvalue weighted by atomic mass is 19.2. The molecule has 2 aromatic carbocycles. The second kappa shape index (κ2) is 5.92. The minimum absolute atomic E-state index is 0.0221. The molecular formula is C17H17F2NO. The van der Waals surface area contributed by atoms with E-state index < -0.39 is 17.7 Å². The molecule has 0 saturated heterocycles. The topological polar surface area (TPSA) is 23.5 Å². The number of fused-ring (bicyclic) bond motifs is 1. The zero-order chi connectivity index (χ0) is 14.8. The van der Waals surface area contributed by atoms with Crippen molar-refractivity contribution < 1.29 is 13.9 Å². The first kappa shape index (κ1) is 14.2. The molecule has 1 unspecified atom stereocenters. The lowest BCUT2D eigenvalue weighted by Gasteiger charge is -2.30. The van der Waals surface area contributed by atoms with Gasteiger partial charge in [-0.25, -0.2) is 8.78 Å². The molecule has 0 aliphatic carbocycles. The largest absolute Gasteiger partial charge is 0.387 e. The van der Waals surface area contributed by atoms with Gasteiger partial charge in [-0.3, -0.25) is 4.90 Å². The predicted molar refractivity (Wildman–Crippen MR) is 76.7 cm³/mol. The first-order chi connectivity index (χ1) is 10.1. The first-order valence-electron chi connectivity index (χ1n) is 7.06. The van der Waals surface area contributed by atoms with Gasteiger partial charge in [0.05, 0.1) is 6.10 Å². The van der Waals surface area contributed by atoms with Crippen LogP contribution in [-0.4, -0.2) is 23.1 Å². The molecule has 1 aliphatic rings. The molecule has 3 rings (SSSR count). The van der Waals surface area contributed by atoms with Crippen molar-refractivity contribution in [1.29, 1.82) is 0 Å². The van der Waals surface area contributed by atoms with Crippen LogP contribution in [0.15, 0.2) is 42.5 Å². The molecule has 0 amide bonds. The van der Waals surface area contributed by atoms with Crippen LogP contribution in [-0.2, 0) is 13.0 Å². The van der Waals surface area contributed by atoms with Crippen molar-refractivity contribution >= 4 is 0 Å². The van der Waals surface area contributed by atoms with E-state index in [1.54, 1.807) is 0 Å². The molecule has 0 spiro atoms. The van der Waals surface area contributed by atoms with Crippen molar-refractivity contribution in [3.05, 3.63) is 70.8 Å². The Hall–Kier alpha value is -1.78. The summed E-state index contributed by atoms with van der Waals surface area (Å²) in [6, 6.07) is 12.1. The Morgan fingerprint density at radius 3 is 2.62 bits per heavy atom. The smallest absolute Gasteiger partial charge is 0.164 e. The maximum Gasteiger partial charge on any atom is 0.164 e. The molecule has 0 fully saturated rings. The molecule has 1 N–H and O–H groups in total. The van der Waals surface area contributed by atoms with Gasteiger partial charge in [-0.15, -0.1) is 0 Å². The van der Waals surface area contributed by atoms with E-state index in [2.05, 4.69) is 17.0 Å². The van der Waals surface area contributed by atoms with E-state index in [1.165, 1.54) is 23.3 Å². The quantitative estimate of drug-likeness (QED) is 0.938. The molecule has 1 aliphatic heterocycles. The fourth-order valence-electron chi connectivity index (χ4n) is 2.83. The molecule has 0 saturated carbocycles. The molecule has 2 nitrogen and oxygen atoms in total. The predicted octanol–water partition coefficient (Wildman–Crippen LogP) is 3.06. The summed E-state index contributed by atoms with van der Waals surface area (Å²) in [5, 5.41) is 10.2. The zero-order valence-corrected chi connectivity index (χ0v) is 11.6. The lowest BCUT2D eigenvalue weighted by atomic mass is 9.99. The summed E-state index contributed by atoms with van der Waals surface area (Å²) in [6.45, 7) is 1.84. The Morgan fingerprint density at radius 2 is 1.81 bits per heavy atom. The number of β-amino-alcohol motifs (C(OH)–C–C–N with tert-alkyl or cyclic N) is 1. The minimum Gasteiger partial charge on any atom is -0.387 e. The van der Waals surface area contributed by atoms with Crippen LogP contribution < -0.4 is 0 Å². The van der Waals surface area contributed by atoms with E-state index in [-0.39, 0.29) is 5.56 Å². The third-order valence-electron chi connectivity index (χ3n) is 3.98. The minimum atomic E-state index is -1.02. The molecule has 2 aromatic rings. The van der Waals surface area contributed by atoms with Crippen LogP contribution in [0.4, 0.5) is 8.78 Å². The number of hydrogen-bond donors (Lipinski definition) is 1.